The Balaban J connectivity index is 2.04. The fraction of sp³-hybridized carbons (Fsp3) is 0.143. The molecule has 0 unspecified atom stereocenters. The molecule has 0 spiro atoms. The van der Waals surface area contributed by atoms with E-state index in [1.54, 1.807) is 6.07 Å². The van der Waals surface area contributed by atoms with Crippen molar-refractivity contribution in [2.75, 3.05) is 0 Å². The van der Waals surface area contributed by atoms with E-state index >= 15 is 0 Å². The van der Waals surface area contributed by atoms with E-state index in [9.17, 15) is 4.39 Å². The Morgan fingerprint density at radius 2 is 1.76 bits per heavy atom. The van der Waals surface area contributed by atoms with Crippen LogP contribution in [0.3, 0.4) is 0 Å². The number of hydrogen-bond donors (Lipinski definition) is 0. The third-order valence-corrected chi connectivity index (χ3v) is 3.04. The summed E-state index contributed by atoms with van der Waals surface area (Å²) < 4.78 is 19.0. The SMILES string of the molecule is Fc1cc(CBr)ccc1OCc1ccccc1. The van der Waals surface area contributed by atoms with Gasteiger partial charge in [0.05, 0.1) is 0 Å². The molecule has 0 saturated heterocycles. The highest BCUT2D eigenvalue weighted by molar-refractivity contribution is 9.08. The first-order valence-corrected chi connectivity index (χ1v) is 6.43. The van der Waals surface area contributed by atoms with Gasteiger partial charge in [0, 0.05) is 5.33 Å². The van der Waals surface area contributed by atoms with Crippen LogP contribution in [0.15, 0.2) is 48.5 Å². The summed E-state index contributed by atoms with van der Waals surface area (Å²) in [4.78, 5) is 0. The van der Waals surface area contributed by atoms with Crippen LogP contribution in [0.4, 0.5) is 4.39 Å². The third-order valence-electron chi connectivity index (χ3n) is 2.39. The molecule has 0 saturated carbocycles. The second-order valence-corrected chi connectivity index (χ2v) is 4.23. The summed E-state index contributed by atoms with van der Waals surface area (Å²) in [6.45, 7) is 0.380. The van der Waals surface area contributed by atoms with Crippen molar-refractivity contribution >= 4 is 15.9 Å². The molecule has 1 nitrogen and oxygen atoms in total. The zero-order valence-electron chi connectivity index (χ0n) is 9.20. The van der Waals surface area contributed by atoms with E-state index in [1.165, 1.54) is 6.07 Å². The predicted molar refractivity (Wildman–Crippen MR) is 69.8 cm³/mol. The Hall–Kier alpha value is -1.35. The average molecular weight is 295 g/mol. The van der Waals surface area contributed by atoms with Gasteiger partial charge in [0.15, 0.2) is 11.6 Å². The highest BCUT2D eigenvalue weighted by Crippen LogP contribution is 2.20. The van der Waals surface area contributed by atoms with Gasteiger partial charge in [0.25, 0.3) is 0 Å². The van der Waals surface area contributed by atoms with Gasteiger partial charge >= 0.3 is 0 Å². The molecule has 2 aromatic rings. The summed E-state index contributed by atoms with van der Waals surface area (Å²) in [5.74, 6) is -0.0311. The molecule has 3 heteroatoms. The molecule has 0 aliphatic rings. The van der Waals surface area contributed by atoms with Crippen LogP contribution in [-0.4, -0.2) is 0 Å². The van der Waals surface area contributed by atoms with Gasteiger partial charge in [0.1, 0.15) is 6.61 Å². The minimum absolute atomic E-state index is 0.290. The predicted octanol–water partition coefficient (Wildman–Crippen LogP) is 4.30. The molecule has 0 bridgehead atoms. The molecule has 0 fully saturated rings. The fourth-order valence-electron chi connectivity index (χ4n) is 1.48. The number of alkyl halides is 1. The summed E-state index contributed by atoms with van der Waals surface area (Å²) in [6, 6.07) is 14.7. The van der Waals surface area contributed by atoms with Crippen molar-refractivity contribution in [1.82, 2.24) is 0 Å². The van der Waals surface area contributed by atoms with Crippen molar-refractivity contribution in [3.63, 3.8) is 0 Å². The number of ether oxygens (including phenoxy) is 1. The van der Waals surface area contributed by atoms with Crippen molar-refractivity contribution in [2.45, 2.75) is 11.9 Å². The van der Waals surface area contributed by atoms with E-state index in [1.807, 2.05) is 36.4 Å². The summed E-state index contributed by atoms with van der Waals surface area (Å²) >= 11 is 3.28. The van der Waals surface area contributed by atoms with Crippen molar-refractivity contribution in [3.8, 4) is 5.75 Å². The maximum atomic E-state index is 13.6. The normalized spacial score (nSPS) is 10.2. The van der Waals surface area contributed by atoms with Crippen LogP contribution < -0.4 is 4.74 Å². The first-order valence-electron chi connectivity index (χ1n) is 5.30. The molecular formula is C14H12BrFO. The van der Waals surface area contributed by atoms with E-state index in [-0.39, 0.29) is 5.82 Å². The van der Waals surface area contributed by atoms with E-state index in [2.05, 4.69) is 15.9 Å². The van der Waals surface area contributed by atoms with Crippen LogP contribution in [0.25, 0.3) is 0 Å². The maximum absolute atomic E-state index is 13.6. The molecule has 0 aliphatic carbocycles. The minimum Gasteiger partial charge on any atom is -0.486 e. The molecule has 88 valence electrons. The van der Waals surface area contributed by atoms with Crippen LogP contribution in [-0.2, 0) is 11.9 Å². The summed E-state index contributed by atoms with van der Waals surface area (Å²) in [6.07, 6.45) is 0. The van der Waals surface area contributed by atoms with Crippen LogP contribution in [0.2, 0.25) is 0 Å². The second-order valence-electron chi connectivity index (χ2n) is 3.67. The molecule has 0 aromatic heterocycles. The van der Waals surface area contributed by atoms with Gasteiger partial charge in [-0.3, -0.25) is 0 Å². The smallest absolute Gasteiger partial charge is 0.165 e. The number of rotatable bonds is 4. The quantitative estimate of drug-likeness (QED) is 0.764. The summed E-state index contributed by atoms with van der Waals surface area (Å²) in [5.41, 5.74) is 1.92. The Bertz CT molecular complexity index is 485. The molecule has 2 aromatic carbocycles. The first-order chi connectivity index (χ1) is 8.29. The lowest BCUT2D eigenvalue weighted by molar-refractivity contribution is 0.290. The Kier molecular flexibility index (Phi) is 4.15. The van der Waals surface area contributed by atoms with Gasteiger partial charge in [0.2, 0.25) is 0 Å². The Labute approximate surface area is 108 Å². The Morgan fingerprint density at radius 1 is 1.00 bits per heavy atom. The highest BCUT2D eigenvalue weighted by Gasteiger charge is 2.04. The van der Waals surface area contributed by atoms with Gasteiger partial charge in [-0.25, -0.2) is 4.39 Å². The number of halogens is 2. The lowest BCUT2D eigenvalue weighted by atomic mass is 10.2. The van der Waals surface area contributed by atoms with Crippen molar-refractivity contribution < 1.29 is 9.13 Å². The largest absolute Gasteiger partial charge is 0.486 e. The van der Waals surface area contributed by atoms with Gasteiger partial charge < -0.3 is 4.74 Å². The molecular weight excluding hydrogens is 283 g/mol. The average Bonchev–Trinajstić information content (AvgIpc) is 2.38. The standard InChI is InChI=1S/C14H12BrFO/c15-9-12-6-7-14(13(16)8-12)17-10-11-4-2-1-3-5-11/h1-8H,9-10H2. The van der Waals surface area contributed by atoms with Crippen molar-refractivity contribution in [1.29, 1.82) is 0 Å². The molecule has 0 heterocycles. The monoisotopic (exact) mass is 294 g/mol. The molecule has 17 heavy (non-hydrogen) atoms. The molecule has 2 rings (SSSR count). The lowest BCUT2D eigenvalue weighted by Crippen LogP contribution is -1.97. The molecule has 0 atom stereocenters. The maximum Gasteiger partial charge on any atom is 0.165 e. The lowest BCUT2D eigenvalue weighted by Gasteiger charge is -2.08. The van der Waals surface area contributed by atoms with E-state index in [4.69, 9.17) is 4.74 Å². The van der Waals surface area contributed by atoms with E-state index < -0.39 is 0 Å². The minimum atomic E-state index is -0.321. The van der Waals surface area contributed by atoms with Crippen LogP contribution >= 0.6 is 15.9 Å². The van der Waals surface area contributed by atoms with Gasteiger partial charge in [-0.1, -0.05) is 52.3 Å². The zero-order chi connectivity index (χ0) is 12.1. The van der Waals surface area contributed by atoms with E-state index in [0.29, 0.717) is 17.7 Å². The second kappa shape index (κ2) is 5.82. The third kappa shape index (κ3) is 3.30. The van der Waals surface area contributed by atoms with E-state index in [0.717, 1.165) is 11.1 Å². The first kappa shape index (κ1) is 12.1. The number of hydrogen-bond acceptors (Lipinski definition) is 1. The molecule has 0 radical (unpaired) electrons. The van der Waals surface area contributed by atoms with Crippen molar-refractivity contribution in [3.05, 3.63) is 65.5 Å². The number of benzene rings is 2. The van der Waals surface area contributed by atoms with Gasteiger partial charge in [-0.05, 0) is 23.3 Å². The fourth-order valence-corrected chi connectivity index (χ4v) is 1.83. The van der Waals surface area contributed by atoms with Crippen molar-refractivity contribution in [2.24, 2.45) is 0 Å². The molecule has 0 amide bonds. The Morgan fingerprint density at radius 3 is 2.41 bits per heavy atom. The van der Waals surface area contributed by atoms with Gasteiger partial charge in [-0.2, -0.15) is 0 Å². The zero-order valence-corrected chi connectivity index (χ0v) is 10.8. The van der Waals surface area contributed by atoms with Crippen LogP contribution in [0.1, 0.15) is 11.1 Å². The van der Waals surface area contributed by atoms with Crippen LogP contribution in [0.5, 0.6) is 5.75 Å². The summed E-state index contributed by atoms with van der Waals surface area (Å²) in [5, 5.41) is 0.642. The topological polar surface area (TPSA) is 9.23 Å². The molecule has 0 N–H and O–H groups in total. The summed E-state index contributed by atoms with van der Waals surface area (Å²) in [7, 11) is 0. The van der Waals surface area contributed by atoms with Gasteiger partial charge in [-0.15, -0.1) is 0 Å². The van der Waals surface area contributed by atoms with Crippen LogP contribution in [0, 0.1) is 5.82 Å². The highest BCUT2D eigenvalue weighted by atomic mass is 79.9. The molecule has 0 aliphatic heterocycles.